The lowest BCUT2D eigenvalue weighted by Gasteiger charge is -2.16. The Labute approximate surface area is 131 Å². The van der Waals surface area contributed by atoms with E-state index in [4.69, 9.17) is 4.74 Å². The van der Waals surface area contributed by atoms with Crippen molar-refractivity contribution in [2.75, 3.05) is 26.8 Å². The van der Waals surface area contributed by atoms with Gasteiger partial charge in [0, 0.05) is 37.7 Å². The molecule has 4 heteroatoms. The van der Waals surface area contributed by atoms with Gasteiger partial charge in [-0.25, -0.2) is 0 Å². The van der Waals surface area contributed by atoms with E-state index in [-0.39, 0.29) is 5.91 Å². The number of nitrogens with zero attached hydrogens (tertiary/aromatic N) is 2. The zero-order valence-corrected chi connectivity index (χ0v) is 13.2. The third-order valence-corrected chi connectivity index (χ3v) is 4.28. The smallest absolute Gasteiger partial charge is 0.223 e. The first kappa shape index (κ1) is 15.0. The maximum Gasteiger partial charge on any atom is 0.223 e. The first-order chi connectivity index (χ1) is 10.7. The third kappa shape index (κ3) is 3.28. The minimum absolute atomic E-state index is 0.250. The summed E-state index contributed by atoms with van der Waals surface area (Å²) >= 11 is 0. The van der Waals surface area contributed by atoms with Crippen molar-refractivity contribution in [1.82, 2.24) is 9.88 Å². The topological polar surface area (TPSA) is 42.4 Å². The molecule has 0 saturated carbocycles. The molecule has 2 heterocycles. The van der Waals surface area contributed by atoms with E-state index in [0.717, 1.165) is 24.2 Å². The Kier molecular flexibility index (Phi) is 4.39. The molecule has 0 N–H and O–H groups in total. The third-order valence-electron chi connectivity index (χ3n) is 4.28. The number of methoxy groups -OCH3 is 1. The van der Waals surface area contributed by atoms with Crippen molar-refractivity contribution in [3.8, 4) is 0 Å². The highest BCUT2D eigenvalue weighted by Crippen LogP contribution is 2.23. The number of amides is 1. The Bertz CT molecular complexity index is 684. The van der Waals surface area contributed by atoms with Crippen LogP contribution < -0.4 is 0 Å². The van der Waals surface area contributed by atoms with E-state index in [1.807, 2.05) is 17.9 Å². The number of hydrogen-bond donors (Lipinski definition) is 0. The van der Waals surface area contributed by atoms with Gasteiger partial charge in [-0.2, -0.15) is 0 Å². The second-order valence-corrected chi connectivity index (χ2v) is 6.09. The highest BCUT2D eigenvalue weighted by Gasteiger charge is 2.29. The zero-order valence-electron chi connectivity index (χ0n) is 13.2. The van der Waals surface area contributed by atoms with Crippen LogP contribution in [-0.2, 0) is 16.0 Å². The van der Waals surface area contributed by atoms with E-state index in [2.05, 4.69) is 29.2 Å². The number of fused-ring (bicyclic) bond motifs is 1. The van der Waals surface area contributed by atoms with Crippen LogP contribution in [0.3, 0.4) is 0 Å². The summed E-state index contributed by atoms with van der Waals surface area (Å²) in [6.45, 7) is 4.16. The van der Waals surface area contributed by atoms with Gasteiger partial charge in [0.05, 0.1) is 12.1 Å². The van der Waals surface area contributed by atoms with Crippen LogP contribution in [0.2, 0.25) is 0 Å². The molecular weight excluding hydrogens is 276 g/mol. The molecule has 116 valence electrons. The maximum atomic E-state index is 12.0. The fourth-order valence-electron chi connectivity index (χ4n) is 3.15. The van der Waals surface area contributed by atoms with E-state index in [1.54, 1.807) is 7.11 Å². The Balaban J connectivity index is 1.68. The summed E-state index contributed by atoms with van der Waals surface area (Å²) in [5.41, 5.74) is 3.35. The van der Waals surface area contributed by atoms with Crippen LogP contribution in [0.15, 0.2) is 30.3 Å². The molecule has 3 rings (SSSR count). The van der Waals surface area contributed by atoms with E-state index < -0.39 is 0 Å². The van der Waals surface area contributed by atoms with Crippen molar-refractivity contribution >= 4 is 16.8 Å². The molecular formula is C18H22N2O2. The molecule has 1 amide bonds. The average Bonchev–Trinajstić information content (AvgIpc) is 2.85. The molecule has 4 nitrogen and oxygen atoms in total. The number of rotatable bonds is 5. The minimum Gasteiger partial charge on any atom is -0.383 e. The molecule has 1 aliphatic rings. The molecule has 0 bridgehead atoms. The second-order valence-electron chi connectivity index (χ2n) is 6.09. The minimum atomic E-state index is 0.250. The summed E-state index contributed by atoms with van der Waals surface area (Å²) in [5, 5.41) is 1.17. The standard InChI is InChI=1S/C18H22N2O2/c1-13-3-5-16-10-14(4-6-17(16)19-13)9-15-11-18(21)20(12-15)7-8-22-2/h3-6,10,15H,7-9,11-12H2,1-2H3. The van der Waals surface area contributed by atoms with Crippen molar-refractivity contribution in [2.24, 2.45) is 5.92 Å². The SMILES string of the molecule is COCCN1CC(Cc2ccc3nc(C)ccc3c2)CC1=O. The molecule has 1 atom stereocenters. The molecule has 1 aromatic carbocycles. The van der Waals surface area contributed by atoms with E-state index in [9.17, 15) is 4.79 Å². The largest absolute Gasteiger partial charge is 0.383 e. The van der Waals surface area contributed by atoms with Gasteiger partial charge in [-0.15, -0.1) is 0 Å². The fourth-order valence-corrected chi connectivity index (χ4v) is 3.15. The van der Waals surface area contributed by atoms with Gasteiger partial charge in [0.15, 0.2) is 0 Å². The van der Waals surface area contributed by atoms with Crippen molar-refractivity contribution in [1.29, 1.82) is 0 Å². The number of hydrogen-bond acceptors (Lipinski definition) is 3. The van der Waals surface area contributed by atoms with Gasteiger partial charge in [0.25, 0.3) is 0 Å². The lowest BCUT2D eigenvalue weighted by molar-refractivity contribution is -0.128. The highest BCUT2D eigenvalue weighted by atomic mass is 16.5. The Morgan fingerprint density at radius 2 is 2.18 bits per heavy atom. The first-order valence-electron chi connectivity index (χ1n) is 7.78. The summed E-state index contributed by atoms with van der Waals surface area (Å²) < 4.78 is 5.06. The second kappa shape index (κ2) is 6.44. The van der Waals surface area contributed by atoms with Crippen LogP contribution in [0.25, 0.3) is 10.9 Å². The lowest BCUT2D eigenvalue weighted by Crippen LogP contribution is -2.28. The molecule has 1 aliphatic heterocycles. The fraction of sp³-hybridized carbons (Fsp3) is 0.444. The van der Waals surface area contributed by atoms with Crippen molar-refractivity contribution in [3.05, 3.63) is 41.6 Å². The normalized spacial score (nSPS) is 18.4. The van der Waals surface area contributed by atoms with Gasteiger partial charge in [0.1, 0.15) is 0 Å². The Hall–Kier alpha value is -1.94. The van der Waals surface area contributed by atoms with Crippen LogP contribution in [0.5, 0.6) is 0 Å². The number of ether oxygens (including phenoxy) is 1. The monoisotopic (exact) mass is 298 g/mol. The molecule has 0 aliphatic carbocycles. The van der Waals surface area contributed by atoms with E-state index in [0.29, 0.717) is 25.5 Å². The highest BCUT2D eigenvalue weighted by molar-refractivity contribution is 5.80. The predicted octanol–water partition coefficient (Wildman–Crippen LogP) is 2.58. The molecule has 1 unspecified atom stereocenters. The summed E-state index contributed by atoms with van der Waals surface area (Å²) in [7, 11) is 1.67. The Morgan fingerprint density at radius 1 is 1.32 bits per heavy atom. The number of carbonyl (C=O) groups excluding carboxylic acids is 1. The van der Waals surface area contributed by atoms with Crippen LogP contribution in [0.1, 0.15) is 17.7 Å². The number of carbonyl (C=O) groups is 1. The quantitative estimate of drug-likeness (QED) is 0.852. The molecule has 1 aromatic heterocycles. The molecule has 2 aromatic rings. The summed E-state index contributed by atoms with van der Waals surface area (Å²) in [6, 6.07) is 10.6. The van der Waals surface area contributed by atoms with Gasteiger partial charge in [-0.05, 0) is 43.0 Å². The number of aromatic nitrogens is 1. The van der Waals surface area contributed by atoms with Crippen LogP contribution in [0, 0.1) is 12.8 Å². The molecule has 1 saturated heterocycles. The average molecular weight is 298 g/mol. The molecule has 0 spiro atoms. The van der Waals surface area contributed by atoms with Crippen LogP contribution in [0.4, 0.5) is 0 Å². The van der Waals surface area contributed by atoms with Gasteiger partial charge in [-0.1, -0.05) is 12.1 Å². The molecule has 1 fully saturated rings. The molecule has 22 heavy (non-hydrogen) atoms. The number of likely N-dealkylation sites (tertiary alicyclic amines) is 1. The van der Waals surface area contributed by atoms with E-state index in [1.165, 1.54) is 10.9 Å². The number of benzene rings is 1. The summed E-state index contributed by atoms with van der Waals surface area (Å²) in [4.78, 5) is 18.4. The van der Waals surface area contributed by atoms with Gasteiger partial charge >= 0.3 is 0 Å². The predicted molar refractivity (Wildman–Crippen MR) is 86.7 cm³/mol. The Morgan fingerprint density at radius 3 is 3.00 bits per heavy atom. The summed E-state index contributed by atoms with van der Waals surface area (Å²) in [5.74, 6) is 0.653. The van der Waals surface area contributed by atoms with E-state index >= 15 is 0 Å². The lowest BCUT2D eigenvalue weighted by atomic mass is 9.97. The summed E-state index contributed by atoms with van der Waals surface area (Å²) in [6.07, 6.45) is 1.59. The van der Waals surface area contributed by atoms with Crippen molar-refractivity contribution in [3.63, 3.8) is 0 Å². The first-order valence-corrected chi connectivity index (χ1v) is 7.78. The van der Waals surface area contributed by atoms with Crippen LogP contribution >= 0.6 is 0 Å². The van der Waals surface area contributed by atoms with Crippen LogP contribution in [-0.4, -0.2) is 42.6 Å². The van der Waals surface area contributed by atoms with Crippen molar-refractivity contribution < 1.29 is 9.53 Å². The molecule has 0 radical (unpaired) electrons. The number of pyridine rings is 1. The van der Waals surface area contributed by atoms with Crippen molar-refractivity contribution in [2.45, 2.75) is 19.8 Å². The maximum absolute atomic E-state index is 12.0. The zero-order chi connectivity index (χ0) is 15.5. The van der Waals surface area contributed by atoms with Gasteiger partial charge in [0.2, 0.25) is 5.91 Å². The number of aryl methyl sites for hydroxylation is 1. The van der Waals surface area contributed by atoms with Gasteiger partial charge < -0.3 is 9.64 Å². The van der Waals surface area contributed by atoms with Gasteiger partial charge in [-0.3, -0.25) is 9.78 Å².